The van der Waals surface area contributed by atoms with Crippen molar-refractivity contribution in [1.29, 1.82) is 0 Å². The first kappa shape index (κ1) is 17.6. The van der Waals surface area contributed by atoms with Crippen molar-refractivity contribution in [3.05, 3.63) is 35.9 Å². The average molecular weight is 295 g/mol. The van der Waals surface area contributed by atoms with Crippen LogP contribution in [0.5, 0.6) is 0 Å². The lowest BCUT2D eigenvalue weighted by Crippen LogP contribution is -2.46. The molecule has 0 aromatic heterocycles. The topological polar surface area (TPSA) is 59.0 Å². The van der Waals surface area contributed by atoms with Crippen LogP contribution >= 0.6 is 0 Å². The van der Waals surface area contributed by atoms with Crippen molar-refractivity contribution in [2.45, 2.75) is 12.3 Å². The third kappa shape index (κ3) is 5.12. The Morgan fingerprint density at radius 2 is 1.67 bits per heavy atom. The first-order valence-electron chi connectivity index (χ1n) is 7.03. The van der Waals surface area contributed by atoms with Crippen molar-refractivity contribution in [3.8, 4) is 0 Å². The number of carboxylic acid groups (broad SMARTS) is 1. The molecule has 0 aliphatic carbocycles. The lowest BCUT2D eigenvalue weighted by molar-refractivity contribution is -0.144. The maximum atomic E-state index is 11.8. The van der Waals surface area contributed by atoms with Gasteiger partial charge in [-0.25, -0.2) is 0 Å². The molecular weight excluding hydrogens is 270 g/mol. The normalized spacial score (nSPS) is 14.1. The molecule has 1 aromatic carbocycles. The first-order chi connectivity index (χ1) is 10.0. The third-order valence-electron chi connectivity index (χ3n) is 3.65. The Labute approximate surface area is 126 Å². The van der Waals surface area contributed by atoms with E-state index in [1.807, 2.05) is 30.3 Å². The molecule has 1 N–H and O–H groups in total. The monoisotopic (exact) mass is 295 g/mol. The highest BCUT2D eigenvalue weighted by atomic mass is 16.5. The van der Waals surface area contributed by atoms with Gasteiger partial charge in [-0.05, 0) is 12.5 Å². The molecule has 0 bridgehead atoms. The van der Waals surface area contributed by atoms with E-state index in [0.717, 1.165) is 5.56 Å². The molecule has 1 unspecified atom stereocenters. The van der Waals surface area contributed by atoms with Crippen LogP contribution in [0.25, 0.3) is 0 Å². The van der Waals surface area contributed by atoms with Gasteiger partial charge in [0.15, 0.2) is 0 Å². The largest absolute Gasteiger partial charge is 0.481 e. The van der Waals surface area contributed by atoms with E-state index in [1.54, 1.807) is 21.1 Å². The van der Waals surface area contributed by atoms with Gasteiger partial charge in [-0.3, -0.25) is 9.69 Å². The number of hydrogen-bond donors (Lipinski definition) is 1. The fourth-order valence-corrected chi connectivity index (χ4v) is 2.25. The van der Waals surface area contributed by atoms with Gasteiger partial charge < -0.3 is 14.6 Å². The molecule has 0 aliphatic heterocycles. The SMILES string of the molecule is COCCN(CCOC)CC(C)(C(=O)O)c1ccccc1. The molecule has 0 aliphatic rings. The van der Waals surface area contributed by atoms with Crippen LogP contribution in [0.3, 0.4) is 0 Å². The summed E-state index contributed by atoms with van der Waals surface area (Å²) in [6, 6.07) is 9.34. The molecule has 0 amide bonds. The highest BCUT2D eigenvalue weighted by Crippen LogP contribution is 2.25. The van der Waals surface area contributed by atoms with Crippen molar-refractivity contribution in [3.63, 3.8) is 0 Å². The van der Waals surface area contributed by atoms with E-state index < -0.39 is 11.4 Å². The van der Waals surface area contributed by atoms with E-state index in [4.69, 9.17) is 9.47 Å². The van der Waals surface area contributed by atoms with Crippen molar-refractivity contribution in [2.24, 2.45) is 0 Å². The van der Waals surface area contributed by atoms with Crippen LogP contribution in [0.1, 0.15) is 12.5 Å². The predicted molar refractivity (Wildman–Crippen MR) is 81.6 cm³/mol. The molecule has 1 rings (SSSR count). The summed E-state index contributed by atoms with van der Waals surface area (Å²) in [5, 5.41) is 9.70. The summed E-state index contributed by atoms with van der Waals surface area (Å²) >= 11 is 0. The fourth-order valence-electron chi connectivity index (χ4n) is 2.25. The Hall–Kier alpha value is -1.43. The molecule has 21 heavy (non-hydrogen) atoms. The molecule has 1 aromatic rings. The van der Waals surface area contributed by atoms with Gasteiger partial charge in [0.05, 0.1) is 13.2 Å². The Morgan fingerprint density at radius 1 is 1.14 bits per heavy atom. The van der Waals surface area contributed by atoms with E-state index in [2.05, 4.69) is 4.90 Å². The zero-order valence-corrected chi connectivity index (χ0v) is 13.0. The standard InChI is InChI=1S/C16H25NO4/c1-16(15(18)19,14-7-5-4-6-8-14)13-17(9-11-20-2)10-12-21-3/h4-8H,9-13H2,1-3H3,(H,18,19). The van der Waals surface area contributed by atoms with Gasteiger partial charge in [0, 0.05) is 33.9 Å². The second kappa shape index (κ2) is 8.77. The number of ether oxygens (including phenoxy) is 2. The number of rotatable bonds is 10. The number of aliphatic carboxylic acids is 1. The maximum Gasteiger partial charge on any atom is 0.315 e. The predicted octanol–water partition coefficient (Wildman–Crippen LogP) is 1.62. The lowest BCUT2D eigenvalue weighted by atomic mass is 9.82. The van der Waals surface area contributed by atoms with Crippen LogP contribution in [0, 0.1) is 0 Å². The Morgan fingerprint density at radius 3 is 2.10 bits per heavy atom. The minimum atomic E-state index is -0.956. The van der Waals surface area contributed by atoms with Gasteiger partial charge >= 0.3 is 5.97 Å². The fraction of sp³-hybridized carbons (Fsp3) is 0.562. The quantitative estimate of drug-likeness (QED) is 0.711. The number of benzene rings is 1. The molecule has 1 atom stereocenters. The molecular formula is C16H25NO4. The second-order valence-corrected chi connectivity index (χ2v) is 5.27. The molecule has 0 saturated carbocycles. The lowest BCUT2D eigenvalue weighted by Gasteiger charge is -2.32. The van der Waals surface area contributed by atoms with Gasteiger partial charge in [0.25, 0.3) is 0 Å². The van der Waals surface area contributed by atoms with Crippen molar-refractivity contribution in [1.82, 2.24) is 4.90 Å². The van der Waals surface area contributed by atoms with Crippen LogP contribution in [0.4, 0.5) is 0 Å². The van der Waals surface area contributed by atoms with Crippen LogP contribution in [0.15, 0.2) is 30.3 Å². The molecule has 5 heteroatoms. The summed E-state index contributed by atoms with van der Waals surface area (Å²) in [7, 11) is 3.28. The Kier molecular flexibility index (Phi) is 7.36. The Bertz CT molecular complexity index is 416. The molecule has 0 radical (unpaired) electrons. The van der Waals surface area contributed by atoms with Gasteiger partial charge in [0.2, 0.25) is 0 Å². The zero-order chi connectivity index (χ0) is 15.7. The molecule has 0 heterocycles. The van der Waals surface area contributed by atoms with Crippen LogP contribution in [-0.2, 0) is 19.7 Å². The third-order valence-corrected chi connectivity index (χ3v) is 3.65. The summed E-state index contributed by atoms with van der Waals surface area (Å²) in [6.45, 7) is 4.66. The highest BCUT2D eigenvalue weighted by Gasteiger charge is 2.36. The molecule has 5 nitrogen and oxygen atoms in total. The Balaban J connectivity index is 2.90. The molecule has 0 fully saturated rings. The maximum absolute atomic E-state index is 11.8. The van der Waals surface area contributed by atoms with E-state index in [0.29, 0.717) is 32.8 Å². The van der Waals surface area contributed by atoms with Crippen molar-refractivity contribution >= 4 is 5.97 Å². The summed E-state index contributed by atoms with van der Waals surface area (Å²) in [5.74, 6) is -0.825. The zero-order valence-electron chi connectivity index (χ0n) is 13.0. The number of methoxy groups -OCH3 is 2. The van der Waals surface area contributed by atoms with E-state index in [9.17, 15) is 9.90 Å². The van der Waals surface area contributed by atoms with Crippen LogP contribution in [-0.4, -0.2) is 63.0 Å². The van der Waals surface area contributed by atoms with Crippen LogP contribution < -0.4 is 0 Å². The number of nitrogens with zero attached hydrogens (tertiary/aromatic N) is 1. The summed E-state index contributed by atoms with van der Waals surface area (Å²) in [6.07, 6.45) is 0. The van der Waals surface area contributed by atoms with Gasteiger partial charge in [-0.1, -0.05) is 30.3 Å². The smallest absolute Gasteiger partial charge is 0.315 e. The van der Waals surface area contributed by atoms with Crippen molar-refractivity contribution in [2.75, 3.05) is 47.1 Å². The second-order valence-electron chi connectivity index (χ2n) is 5.27. The summed E-state index contributed by atoms with van der Waals surface area (Å²) in [5.41, 5.74) is -0.153. The van der Waals surface area contributed by atoms with Gasteiger partial charge in [-0.2, -0.15) is 0 Å². The number of carboxylic acids is 1. The van der Waals surface area contributed by atoms with Crippen LogP contribution in [0.2, 0.25) is 0 Å². The first-order valence-corrected chi connectivity index (χ1v) is 7.03. The van der Waals surface area contributed by atoms with E-state index >= 15 is 0 Å². The summed E-state index contributed by atoms with van der Waals surface area (Å²) in [4.78, 5) is 13.9. The van der Waals surface area contributed by atoms with Gasteiger partial charge in [0.1, 0.15) is 5.41 Å². The van der Waals surface area contributed by atoms with E-state index in [-0.39, 0.29) is 0 Å². The molecule has 0 spiro atoms. The molecule has 118 valence electrons. The van der Waals surface area contributed by atoms with Gasteiger partial charge in [-0.15, -0.1) is 0 Å². The minimum Gasteiger partial charge on any atom is -0.481 e. The summed E-state index contributed by atoms with van der Waals surface area (Å²) < 4.78 is 10.2. The molecule has 0 saturated heterocycles. The average Bonchev–Trinajstić information content (AvgIpc) is 2.50. The number of hydrogen-bond acceptors (Lipinski definition) is 4. The minimum absolute atomic E-state index is 0.416. The number of carbonyl (C=O) groups is 1. The highest BCUT2D eigenvalue weighted by molar-refractivity contribution is 5.81. The van der Waals surface area contributed by atoms with E-state index in [1.165, 1.54) is 0 Å². The van der Waals surface area contributed by atoms with Crippen molar-refractivity contribution < 1.29 is 19.4 Å².